The second-order valence-electron chi connectivity index (χ2n) is 4.45. The molecule has 3 N–H and O–H groups in total. The molecule has 3 aromatic rings. The maximum absolute atomic E-state index is 12.3. The van der Waals surface area contributed by atoms with Crippen LogP contribution in [0, 0.1) is 0 Å². The van der Waals surface area contributed by atoms with Gasteiger partial charge in [-0.05, 0) is 42.5 Å². The van der Waals surface area contributed by atoms with Crippen LogP contribution in [0.25, 0.3) is 10.1 Å². The van der Waals surface area contributed by atoms with Gasteiger partial charge in [0, 0.05) is 25.3 Å². The minimum absolute atomic E-state index is 0.216. The standard InChI is InChI=1S/C15H10BrClN2OS/c16-8-1-6-12-11(7-8)13(18)14(21-12)15(20)19-10-4-2-9(17)3-5-10/h1-7H,18H2,(H,19,20). The lowest BCUT2D eigenvalue weighted by Gasteiger charge is -2.04. The summed E-state index contributed by atoms with van der Waals surface area (Å²) in [6, 6.07) is 12.7. The number of rotatable bonds is 2. The number of anilines is 2. The van der Waals surface area contributed by atoms with Gasteiger partial charge in [0.15, 0.2) is 0 Å². The maximum Gasteiger partial charge on any atom is 0.267 e. The molecule has 0 aliphatic rings. The van der Waals surface area contributed by atoms with Crippen LogP contribution >= 0.6 is 38.9 Å². The number of carbonyl (C=O) groups excluding carboxylic acids is 1. The first-order chi connectivity index (χ1) is 10.0. The molecule has 0 radical (unpaired) electrons. The molecular formula is C15H10BrClN2OS. The lowest BCUT2D eigenvalue weighted by molar-refractivity contribution is 0.103. The molecule has 106 valence electrons. The van der Waals surface area contributed by atoms with Crippen LogP contribution < -0.4 is 11.1 Å². The van der Waals surface area contributed by atoms with Crippen molar-refractivity contribution in [2.75, 3.05) is 11.1 Å². The van der Waals surface area contributed by atoms with Crippen molar-refractivity contribution < 1.29 is 4.79 Å². The molecule has 3 rings (SSSR count). The Morgan fingerprint density at radius 2 is 1.90 bits per heavy atom. The quantitative estimate of drug-likeness (QED) is 0.645. The molecule has 0 bridgehead atoms. The van der Waals surface area contributed by atoms with Gasteiger partial charge in [-0.15, -0.1) is 11.3 Å². The summed E-state index contributed by atoms with van der Waals surface area (Å²) < 4.78 is 1.92. The molecule has 1 heterocycles. The van der Waals surface area contributed by atoms with E-state index in [9.17, 15) is 4.79 Å². The number of carbonyl (C=O) groups is 1. The molecule has 0 aliphatic heterocycles. The van der Waals surface area contributed by atoms with Gasteiger partial charge in [-0.1, -0.05) is 27.5 Å². The number of halogens is 2. The number of amides is 1. The number of hydrogen-bond acceptors (Lipinski definition) is 3. The first-order valence-corrected chi connectivity index (χ1v) is 8.08. The molecule has 0 spiro atoms. The number of nitrogens with one attached hydrogen (secondary N) is 1. The lowest BCUT2D eigenvalue weighted by Crippen LogP contribution is -2.11. The number of nitrogen functional groups attached to an aromatic ring is 1. The zero-order valence-corrected chi connectivity index (χ0v) is 13.8. The second-order valence-corrected chi connectivity index (χ2v) is 6.85. The minimum atomic E-state index is -0.216. The average Bonchev–Trinajstić information content (AvgIpc) is 2.79. The number of nitrogens with two attached hydrogens (primary N) is 1. The fourth-order valence-electron chi connectivity index (χ4n) is 1.98. The summed E-state index contributed by atoms with van der Waals surface area (Å²) in [6.45, 7) is 0. The van der Waals surface area contributed by atoms with Gasteiger partial charge in [0.25, 0.3) is 5.91 Å². The predicted molar refractivity (Wildman–Crippen MR) is 93.3 cm³/mol. The second kappa shape index (κ2) is 5.67. The van der Waals surface area contributed by atoms with Crippen molar-refractivity contribution in [3.8, 4) is 0 Å². The smallest absolute Gasteiger partial charge is 0.267 e. The van der Waals surface area contributed by atoms with E-state index in [4.69, 9.17) is 17.3 Å². The van der Waals surface area contributed by atoms with Crippen molar-refractivity contribution in [3.05, 3.63) is 56.8 Å². The topological polar surface area (TPSA) is 55.1 Å². The summed E-state index contributed by atoms with van der Waals surface area (Å²) in [6.07, 6.45) is 0. The summed E-state index contributed by atoms with van der Waals surface area (Å²) >= 11 is 10.6. The summed E-state index contributed by atoms with van der Waals surface area (Å²) in [5.41, 5.74) is 7.28. The Morgan fingerprint density at radius 1 is 1.19 bits per heavy atom. The normalized spacial score (nSPS) is 10.8. The van der Waals surface area contributed by atoms with Crippen LogP contribution in [-0.4, -0.2) is 5.91 Å². The Hall–Kier alpha value is -1.56. The lowest BCUT2D eigenvalue weighted by atomic mass is 10.2. The Kier molecular flexibility index (Phi) is 3.89. The molecule has 0 fully saturated rings. The Labute approximate surface area is 138 Å². The van der Waals surface area contributed by atoms with E-state index in [-0.39, 0.29) is 5.91 Å². The van der Waals surface area contributed by atoms with E-state index < -0.39 is 0 Å². The van der Waals surface area contributed by atoms with Crippen molar-refractivity contribution in [3.63, 3.8) is 0 Å². The summed E-state index contributed by atoms with van der Waals surface area (Å²) in [5, 5.41) is 4.33. The van der Waals surface area contributed by atoms with E-state index in [0.717, 1.165) is 14.6 Å². The summed E-state index contributed by atoms with van der Waals surface area (Å²) in [5.74, 6) is -0.216. The van der Waals surface area contributed by atoms with Crippen LogP contribution in [0.15, 0.2) is 46.9 Å². The van der Waals surface area contributed by atoms with Gasteiger partial charge in [0.1, 0.15) is 4.88 Å². The van der Waals surface area contributed by atoms with E-state index in [1.165, 1.54) is 11.3 Å². The van der Waals surface area contributed by atoms with E-state index in [1.54, 1.807) is 24.3 Å². The van der Waals surface area contributed by atoms with Gasteiger partial charge in [-0.2, -0.15) is 0 Å². The number of thiophene rings is 1. The van der Waals surface area contributed by atoms with Crippen molar-refractivity contribution in [2.24, 2.45) is 0 Å². The van der Waals surface area contributed by atoms with Crippen LogP contribution in [0.1, 0.15) is 9.67 Å². The maximum atomic E-state index is 12.3. The van der Waals surface area contributed by atoms with Crippen molar-refractivity contribution in [1.29, 1.82) is 0 Å². The van der Waals surface area contributed by atoms with Gasteiger partial charge < -0.3 is 11.1 Å². The number of benzene rings is 2. The van der Waals surface area contributed by atoms with Crippen LogP contribution in [0.4, 0.5) is 11.4 Å². The fourth-order valence-corrected chi connectivity index (χ4v) is 3.46. The minimum Gasteiger partial charge on any atom is -0.397 e. The third-order valence-corrected chi connectivity index (χ3v) is 4.93. The number of fused-ring (bicyclic) bond motifs is 1. The molecule has 1 amide bonds. The van der Waals surface area contributed by atoms with Crippen LogP contribution in [0.3, 0.4) is 0 Å². The summed E-state index contributed by atoms with van der Waals surface area (Å²) in [7, 11) is 0. The molecule has 0 aliphatic carbocycles. The van der Waals surface area contributed by atoms with Crippen LogP contribution in [-0.2, 0) is 0 Å². The third kappa shape index (κ3) is 2.90. The van der Waals surface area contributed by atoms with Gasteiger partial charge in [0.05, 0.1) is 5.69 Å². The van der Waals surface area contributed by atoms with Crippen molar-refractivity contribution in [1.82, 2.24) is 0 Å². The molecule has 0 saturated carbocycles. The summed E-state index contributed by atoms with van der Waals surface area (Å²) in [4.78, 5) is 12.9. The highest BCUT2D eigenvalue weighted by atomic mass is 79.9. The van der Waals surface area contributed by atoms with E-state index in [0.29, 0.717) is 21.3 Å². The Morgan fingerprint density at radius 3 is 2.62 bits per heavy atom. The molecule has 1 aromatic heterocycles. The molecule has 0 saturated heterocycles. The molecule has 0 atom stereocenters. The average molecular weight is 382 g/mol. The molecule has 3 nitrogen and oxygen atoms in total. The van der Waals surface area contributed by atoms with E-state index in [1.807, 2.05) is 18.2 Å². The Bertz CT molecular complexity index is 830. The molecule has 0 unspecified atom stereocenters. The highest BCUT2D eigenvalue weighted by molar-refractivity contribution is 9.10. The van der Waals surface area contributed by atoms with Gasteiger partial charge in [0.2, 0.25) is 0 Å². The molecule has 21 heavy (non-hydrogen) atoms. The largest absolute Gasteiger partial charge is 0.397 e. The molecular weight excluding hydrogens is 372 g/mol. The van der Waals surface area contributed by atoms with Gasteiger partial charge >= 0.3 is 0 Å². The molecule has 2 aromatic carbocycles. The van der Waals surface area contributed by atoms with E-state index >= 15 is 0 Å². The van der Waals surface area contributed by atoms with Gasteiger partial charge in [-0.25, -0.2) is 0 Å². The van der Waals surface area contributed by atoms with Crippen LogP contribution in [0.5, 0.6) is 0 Å². The highest BCUT2D eigenvalue weighted by Crippen LogP contribution is 2.35. The first kappa shape index (κ1) is 14.4. The first-order valence-electron chi connectivity index (χ1n) is 6.09. The van der Waals surface area contributed by atoms with Crippen molar-refractivity contribution in [2.45, 2.75) is 0 Å². The monoisotopic (exact) mass is 380 g/mol. The van der Waals surface area contributed by atoms with Gasteiger partial charge in [-0.3, -0.25) is 4.79 Å². The number of hydrogen-bond donors (Lipinski definition) is 2. The zero-order chi connectivity index (χ0) is 15.0. The van der Waals surface area contributed by atoms with Crippen LogP contribution in [0.2, 0.25) is 5.02 Å². The fraction of sp³-hybridized carbons (Fsp3) is 0. The third-order valence-electron chi connectivity index (χ3n) is 3.00. The highest BCUT2D eigenvalue weighted by Gasteiger charge is 2.16. The SMILES string of the molecule is Nc1c(C(=O)Nc2ccc(Cl)cc2)sc2ccc(Br)cc12. The van der Waals surface area contributed by atoms with Crippen molar-refractivity contribution >= 4 is 66.2 Å². The Balaban J connectivity index is 1.94. The van der Waals surface area contributed by atoms with E-state index in [2.05, 4.69) is 21.2 Å². The zero-order valence-electron chi connectivity index (χ0n) is 10.7. The molecule has 6 heteroatoms. The predicted octanol–water partition coefficient (Wildman–Crippen LogP) is 5.15.